The van der Waals surface area contributed by atoms with E-state index in [2.05, 4.69) is 63.4 Å². The molecule has 0 N–H and O–H groups in total. The van der Waals surface area contributed by atoms with Crippen molar-refractivity contribution in [3.63, 3.8) is 0 Å². The third-order valence-electron chi connectivity index (χ3n) is 6.08. The average Bonchev–Trinajstić information content (AvgIpc) is 3.27. The second-order valence-corrected chi connectivity index (χ2v) is 8.43. The van der Waals surface area contributed by atoms with Crippen LogP contribution in [-0.2, 0) is 6.54 Å². The molecule has 3 aromatic rings. The molecule has 0 saturated carbocycles. The summed E-state index contributed by atoms with van der Waals surface area (Å²) < 4.78 is 12.8. The third kappa shape index (κ3) is 4.70. The molecule has 0 bridgehead atoms. The zero-order chi connectivity index (χ0) is 22.5. The van der Waals surface area contributed by atoms with Gasteiger partial charge in [0.2, 0.25) is 0 Å². The molecule has 0 spiro atoms. The van der Waals surface area contributed by atoms with Gasteiger partial charge in [-0.3, -0.25) is 4.90 Å². The maximum Gasteiger partial charge on any atom is 0.169 e. The first kappa shape index (κ1) is 22.1. The van der Waals surface area contributed by atoms with E-state index in [0.717, 1.165) is 54.8 Å². The third-order valence-corrected chi connectivity index (χ3v) is 6.08. The fourth-order valence-corrected chi connectivity index (χ4v) is 4.45. The number of benzene rings is 2. The van der Waals surface area contributed by atoms with Gasteiger partial charge in [0.1, 0.15) is 11.5 Å². The maximum atomic E-state index is 5.56. The highest BCUT2D eigenvalue weighted by molar-refractivity contribution is 5.58. The predicted octanol–water partition coefficient (Wildman–Crippen LogP) is 3.26. The van der Waals surface area contributed by atoms with Crippen molar-refractivity contribution in [2.24, 2.45) is 5.92 Å². The van der Waals surface area contributed by atoms with Gasteiger partial charge in [-0.15, -0.1) is 5.10 Å². The van der Waals surface area contributed by atoms with Crippen molar-refractivity contribution in [1.29, 1.82) is 0 Å². The Morgan fingerprint density at radius 1 is 0.906 bits per heavy atom. The molecule has 1 aliphatic rings. The standard InChI is InChI=1S/C24H32N6O2/c1-18(2)23(24-25-26-27-30(24)17-19-9-11-20(31-3)12-10-19)29-15-13-28(14-16-29)21-7-5-6-8-22(21)32-4/h5-12,18,23H,13-17H2,1-4H3/t23-/m1/s1. The van der Waals surface area contributed by atoms with Gasteiger partial charge in [-0.1, -0.05) is 38.1 Å². The van der Waals surface area contributed by atoms with Gasteiger partial charge in [0.05, 0.1) is 32.5 Å². The van der Waals surface area contributed by atoms with Gasteiger partial charge in [0.15, 0.2) is 5.82 Å². The van der Waals surface area contributed by atoms with Gasteiger partial charge >= 0.3 is 0 Å². The first-order valence-electron chi connectivity index (χ1n) is 11.1. The van der Waals surface area contributed by atoms with Crippen LogP contribution < -0.4 is 14.4 Å². The zero-order valence-corrected chi connectivity index (χ0v) is 19.3. The number of tetrazole rings is 1. The lowest BCUT2D eigenvalue weighted by Crippen LogP contribution is -2.49. The van der Waals surface area contributed by atoms with Crippen LogP contribution >= 0.6 is 0 Å². The Bertz CT molecular complexity index is 996. The number of hydrogen-bond acceptors (Lipinski definition) is 7. The molecule has 2 aromatic carbocycles. The van der Waals surface area contributed by atoms with Crippen LogP contribution in [0.4, 0.5) is 5.69 Å². The first-order valence-corrected chi connectivity index (χ1v) is 11.1. The Hall–Kier alpha value is -3.13. The van der Waals surface area contributed by atoms with Crippen LogP contribution in [0.15, 0.2) is 48.5 Å². The molecule has 32 heavy (non-hydrogen) atoms. The SMILES string of the molecule is COc1ccc(Cn2nnnc2[C@@H](C(C)C)N2CCN(c3ccccc3OC)CC2)cc1. The fraction of sp³-hybridized carbons (Fsp3) is 0.458. The minimum atomic E-state index is 0.156. The molecule has 2 heterocycles. The van der Waals surface area contributed by atoms with Gasteiger partial charge in [-0.05, 0) is 46.2 Å². The summed E-state index contributed by atoms with van der Waals surface area (Å²) in [5.74, 6) is 3.07. The van der Waals surface area contributed by atoms with Crippen LogP contribution in [-0.4, -0.2) is 65.5 Å². The number of methoxy groups -OCH3 is 2. The Morgan fingerprint density at radius 2 is 1.62 bits per heavy atom. The molecule has 1 saturated heterocycles. The number of para-hydroxylation sites is 2. The van der Waals surface area contributed by atoms with Crippen molar-refractivity contribution in [3.05, 3.63) is 59.9 Å². The predicted molar refractivity (Wildman–Crippen MR) is 124 cm³/mol. The van der Waals surface area contributed by atoms with E-state index in [4.69, 9.17) is 9.47 Å². The minimum Gasteiger partial charge on any atom is -0.497 e. The quantitative estimate of drug-likeness (QED) is 0.537. The van der Waals surface area contributed by atoms with E-state index in [-0.39, 0.29) is 6.04 Å². The fourth-order valence-electron chi connectivity index (χ4n) is 4.45. The van der Waals surface area contributed by atoms with Gasteiger partial charge in [0.25, 0.3) is 0 Å². The van der Waals surface area contributed by atoms with Crippen LogP contribution in [0, 0.1) is 5.92 Å². The molecular weight excluding hydrogens is 404 g/mol. The normalized spacial score (nSPS) is 15.7. The highest BCUT2D eigenvalue weighted by Gasteiger charge is 2.32. The molecule has 1 atom stereocenters. The largest absolute Gasteiger partial charge is 0.497 e. The second kappa shape index (κ2) is 9.99. The van der Waals surface area contributed by atoms with Crippen molar-refractivity contribution in [1.82, 2.24) is 25.1 Å². The summed E-state index contributed by atoms with van der Waals surface area (Å²) in [6, 6.07) is 16.4. The second-order valence-electron chi connectivity index (χ2n) is 8.43. The lowest BCUT2D eigenvalue weighted by atomic mass is 10.0. The molecule has 170 valence electrons. The van der Waals surface area contributed by atoms with Crippen molar-refractivity contribution in [2.75, 3.05) is 45.3 Å². The molecule has 1 fully saturated rings. The van der Waals surface area contributed by atoms with Crippen molar-refractivity contribution in [2.45, 2.75) is 26.4 Å². The molecular formula is C24H32N6O2. The van der Waals surface area contributed by atoms with E-state index >= 15 is 0 Å². The molecule has 0 radical (unpaired) electrons. The van der Waals surface area contributed by atoms with Crippen molar-refractivity contribution in [3.8, 4) is 11.5 Å². The van der Waals surface area contributed by atoms with Crippen molar-refractivity contribution >= 4 is 5.69 Å². The lowest BCUT2D eigenvalue weighted by Gasteiger charge is -2.41. The summed E-state index contributed by atoms with van der Waals surface area (Å²) in [6.45, 7) is 8.86. The Morgan fingerprint density at radius 3 is 2.28 bits per heavy atom. The van der Waals surface area contributed by atoms with Crippen molar-refractivity contribution < 1.29 is 9.47 Å². The number of piperazine rings is 1. The Kier molecular flexibility index (Phi) is 6.90. The van der Waals surface area contributed by atoms with E-state index in [0.29, 0.717) is 12.5 Å². The van der Waals surface area contributed by atoms with E-state index in [1.165, 1.54) is 0 Å². The maximum absolute atomic E-state index is 5.56. The monoisotopic (exact) mass is 436 g/mol. The van der Waals surface area contributed by atoms with Crippen LogP contribution in [0.5, 0.6) is 11.5 Å². The summed E-state index contributed by atoms with van der Waals surface area (Å²) in [4.78, 5) is 4.90. The topological polar surface area (TPSA) is 68.5 Å². The average molecular weight is 437 g/mol. The van der Waals surface area contributed by atoms with Crippen LogP contribution in [0.2, 0.25) is 0 Å². The highest BCUT2D eigenvalue weighted by atomic mass is 16.5. The van der Waals surface area contributed by atoms with Gasteiger partial charge in [-0.25, -0.2) is 4.68 Å². The summed E-state index contributed by atoms with van der Waals surface area (Å²) >= 11 is 0. The van der Waals surface area contributed by atoms with E-state index in [1.54, 1.807) is 14.2 Å². The van der Waals surface area contributed by atoms with E-state index in [1.807, 2.05) is 28.9 Å². The summed E-state index contributed by atoms with van der Waals surface area (Å²) in [6.07, 6.45) is 0. The first-order chi connectivity index (χ1) is 15.6. The van der Waals surface area contributed by atoms with Crippen LogP contribution in [0.3, 0.4) is 0 Å². The molecule has 8 heteroatoms. The Balaban J connectivity index is 1.49. The number of anilines is 1. The number of rotatable bonds is 8. The molecule has 0 unspecified atom stereocenters. The molecule has 1 aliphatic heterocycles. The summed E-state index contributed by atoms with van der Waals surface area (Å²) in [7, 11) is 3.40. The molecule has 1 aromatic heterocycles. The van der Waals surface area contributed by atoms with E-state index in [9.17, 15) is 0 Å². The number of hydrogen-bond donors (Lipinski definition) is 0. The minimum absolute atomic E-state index is 0.156. The molecule has 0 aliphatic carbocycles. The van der Waals surface area contributed by atoms with E-state index < -0.39 is 0 Å². The van der Waals surface area contributed by atoms with Gasteiger partial charge in [-0.2, -0.15) is 0 Å². The summed E-state index contributed by atoms with van der Waals surface area (Å²) in [5.41, 5.74) is 2.29. The number of ether oxygens (including phenoxy) is 2. The van der Waals surface area contributed by atoms with Crippen LogP contribution in [0.1, 0.15) is 31.3 Å². The Labute approximate surface area is 189 Å². The number of nitrogens with zero attached hydrogens (tertiary/aromatic N) is 6. The summed E-state index contributed by atoms with van der Waals surface area (Å²) in [5, 5.41) is 12.8. The smallest absolute Gasteiger partial charge is 0.169 e. The van der Waals surface area contributed by atoms with Gasteiger partial charge in [0, 0.05) is 26.2 Å². The highest BCUT2D eigenvalue weighted by Crippen LogP contribution is 2.32. The van der Waals surface area contributed by atoms with Crippen LogP contribution in [0.25, 0.3) is 0 Å². The van der Waals surface area contributed by atoms with Gasteiger partial charge < -0.3 is 14.4 Å². The molecule has 0 amide bonds. The zero-order valence-electron chi connectivity index (χ0n) is 19.3. The molecule has 4 rings (SSSR count). The molecule has 8 nitrogen and oxygen atoms in total. The lowest BCUT2D eigenvalue weighted by molar-refractivity contribution is 0.135. The number of aromatic nitrogens is 4.